The van der Waals surface area contributed by atoms with Crippen molar-refractivity contribution in [3.8, 4) is 0 Å². The predicted octanol–water partition coefficient (Wildman–Crippen LogP) is 0.669. The van der Waals surface area contributed by atoms with Crippen LogP contribution in [0.4, 0.5) is 31.1 Å². The summed E-state index contributed by atoms with van der Waals surface area (Å²) in [5.74, 6) is 0. The zero-order valence-corrected chi connectivity index (χ0v) is 11.2. The third kappa shape index (κ3) is 3.08. The topological polar surface area (TPSA) is 91.8 Å². The summed E-state index contributed by atoms with van der Waals surface area (Å²) in [7, 11) is -12.7. The average molecular weight is 352 g/mol. The quantitative estimate of drug-likeness (QED) is 0.681. The Labute approximate surface area is 108 Å². The first-order chi connectivity index (χ1) is 8.48. The molecule has 0 spiro atoms. The van der Waals surface area contributed by atoms with Crippen LogP contribution in [0.3, 0.4) is 0 Å². The molecule has 120 valence electrons. The van der Waals surface area contributed by atoms with Crippen LogP contribution < -0.4 is 0 Å². The van der Waals surface area contributed by atoms with E-state index in [9.17, 15) is 48.0 Å². The molecule has 0 saturated heterocycles. The highest BCUT2D eigenvalue weighted by Gasteiger charge is 2.55. The number of rotatable bonds is 2. The van der Waals surface area contributed by atoms with Crippen LogP contribution >= 0.6 is 0 Å². The molecule has 0 heterocycles. The molecule has 0 radical (unpaired) electrons. The van der Waals surface area contributed by atoms with Crippen molar-refractivity contribution in [2.45, 2.75) is 11.0 Å². The third-order valence-corrected chi connectivity index (χ3v) is 4.77. The summed E-state index contributed by atoms with van der Waals surface area (Å²) in [5, 5.41) is 0. The second-order valence-electron chi connectivity index (χ2n) is 3.12. The van der Waals surface area contributed by atoms with Gasteiger partial charge in [-0.05, 0) is 0 Å². The molecule has 7 nitrogen and oxygen atoms in total. The van der Waals surface area contributed by atoms with Gasteiger partial charge in [0.25, 0.3) is 0 Å². The van der Waals surface area contributed by atoms with Crippen molar-refractivity contribution >= 4 is 26.1 Å². The Morgan fingerprint density at radius 1 is 0.750 bits per heavy atom. The standard InChI is InChI=1S/C5H6F6N2O5S2/c1-12(19(15,16)4(6,7)8)3(14)13(2)20(17,18)5(9,10)11/h1-2H3. The maximum absolute atomic E-state index is 12.1. The van der Waals surface area contributed by atoms with Crippen LogP contribution in [-0.2, 0) is 20.0 Å². The van der Waals surface area contributed by atoms with Crippen molar-refractivity contribution in [1.82, 2.24) is 8.61 Å². The molecular weight excluding hydrogens is 346 g/mol. The molecule has 0 aromatic rings. The molecule has 0 saturated carbocycles. The predicted molar refractivity (Wildman–Crippen MR) is 50.9 cm³/mol. The van der Waals surface area contributed by atoms with Crippen molar-refractivity contribution < 1.29 is 48.0 Å². The maximum Gasteiger partial charge on any atom is 0.516 e. The van der Waals surface area contributed by atoms with Crippen molar-refractivity contribution in [2.75, 3.05) is 14.1 Å². The van der Waals surface area contributed by atoms with Gasteiger partial charge in [-0.15, -0.1) is 0 Å². The van der Waals surface area contributed by atoms with E-state index >= 15 is 0 Å². The minimum atomic E-state index is -6.32. The lowest BCUT2D eigenvalue weighted by atomic mass is 10.9. The molecule has 2 amide bonds. The molecule has 0 aromatic heterocycles. The van der Waals surface area contributed by atoms with Gasteiger partial charge >= 0.3 is 37.1 Å². The van der Waals surface area contributed by atoms with Crippen LogP contribution in [-0.4, -0.2) is 56.6 Å². The maximum atomic E-state index is 12.1. The highest BCUT2D eigenvalue weighted by atomic mass is 32.2. The fourth-order valence-electron chi connectivity index (χ4n) is 0.714. The van der Waals surface area contributed by atoms with Gasteiger partial charge < -0.3 is 0 Å². The molecule has 0 rings (SSSR count). The highest BCUT2D eigenvalue weighted by Crippen LogP contribution is 2.29. The number of alkyl halides is 6. The molecule has 0 fully saturated rings. The molecule has 0 N–H and O–H groups in total. The van der Waals surface area contributed by atoms with Gasteiger partial charge in [0.1, 0.15) is 0 Å². The van der Waals surface area contributed by atoms with E-state index in [1.165, 1.54) is 0 Å². The van der Waals surface area contributed by atoms with E-state index in [-0.39, 0.29) is 14.1 Å². The second-order valence-corrected chi connectivity index (χ2v) is 7.04. The number of carbonyl (C=O) groups excluding carboxylic acids is 1. The van der Waals surface area contributed by atoms with E-state index in [0.29, 0.717) is 0 Å². The molecule has 0 aliphatic rings. The first-order valence-electron chi connectivity index (χ1n) is 4.12. The Balaban J connectivity index is 5.64. The molecule has 0 aromatic carbocycles. The van der Waals surface area contributed by atoms with Crippen LogP contribution in [0.25, 0.3) is 0 Å². The Morgan fingerprint density at radius 2 is 0.950 bits per heavy atom. The Kier molecular flexibility index (Phi) is 4.63. The summed E-state index contributed by atoms with van der Waals surface area (Å²) < 4.78 is 113. The minimum absolute atomic E-state index is 0.0342. The molecule has 0 aliphatic carbocycles. The van der Waals surface area contributed by atoms with Gasteiger partial charge in [0.15, 0.2) is 0 Å². The van der Waals surface area contributed by atoms with Crippen LogP contribution in [0.1, 0.15) is 0 Å². The summed E-state index contributed by atoms with van der Waals surface area (Å²) in [6, 6.07) is -2.54. The van der Waals surface area contributed by atoms with Gasteiger partial charge in [0, 0.05) is 14.1 Å². The highest BCUT2D eigenvalue weighted by molar-refractivity contribution is 7.91. The molecule has 0 aliphatic heterocycles. The molecular formula is C5H6F6N2O5S2. The lowest BCUT2D eigenvalue weighted by molar-refractivity contribution is -0.0486. The zero-order valence-electron chi connectivity index (χ0n) is 9.52. The molecule has 0 atom stereocenters. The smallest absolute Gasteiger partial charge is 0.246 e. The van der Waals surface area contributed by atoms with Gasteiger partial charge in [-0.3, -0.25) is 0 Å². The van der Waals surface area contributed by atoms with Crippen LogP contribution in [0.15, 0.2) is 0 Å². The zero-order chi connectivity index (χ0) is 16.7. The average Bonchev–Trinajstić information content (AvgIpc) is 2.22. The number of halogens is 6. The van der Waals surface area contributed by atoms with Crippen LogP contribution in [0.5, 0.6) is 0 Å². The minimum Gasteiger partial charge on any atom is -0.246 e. The summed E-state index contributed by atoms with van der Waals surface area (Å²) in [6.07, 6.45) is 0. The number of carbonyl (C=O) groups is 1. The molecule has 15 heteroatoms. The normalized spacial score (nSPS) is 14.0. The van der Waals surface area contributed by atoms with Crippen molar-refractivity contribution in [2.24, 2.45) is 0 Å². The fourth-order valence-corrected chi connectivity index (χ4v) is 2.04. The number of hydrogen-bond acceptors (Lipinski definition) is 5. The van der Waals surface area contributed by atoms with Crippen molar-refractivity contribution in [3.05, 3.63) is 0 Å². The van der Waals surface area contributed by atoms with Crippen LogP contribution in [0.2, 0.25) is 0 Å². The van der Waals surface area contributed by atoms with E-state index in [4.69, 9.17) is 0 Å². The second kappa shape index (κ2) is 4.94. The lowest BCUT2D eigenvalue weighted by Crippen LogP contribution is -2.51. The summed E-state index contributed by atoms with van der Waals surface area (Å²) in [4.78, 5) is 11.1. The third-order valence-electron chi connectivity index (χ3n) is 1.84. The van der Waals surface area contributed by atoms with E-state index in [1.54, 1.807) is 0 Å². The molecule has 20 heavy (non-hydrogen) atoms. The summed E-state index contributed by atoms with van der Waals surface area (Å²) in [5.41, 5.74) is -12.0. The number of hydrogen-bond donors (Lipinski definition) is 0. The number of sulfonamides is 2. The van der Waals surface area contributed by atoms with E-state index < -0.39 is 45.7 Å². The Bertz CT molecular complexity index is 538. The Morgan fingerprint density at radius 3 is 1.10 bits per heavy atom. The number of amides is 2. The van der Waals surface area contributed by atoms with Crippen molar-refractivity contribution in [1.29, 1.82) is 0 Å². The first-order valence-corrected chi connectivity index (χ1v) is 7.00. The molecule has 0 unspecified atom stereocenters. The largest absolute Gasteiger partial charge is 0.516 e. The fraction of sp³-hybridized carbons (Fsp3) is 0.800. The van der Waals surface area contributed by atoms with Crippen molar-refractivity contribution in [3.63, 3.8) is 0 Å². The lowest BCUT2D eigenvalue weighted by Gasteiger charge is -2.25. The van der Waals surface area contributed by atoms with Gasteiger partial charge in [-0.2, -0.15) is 43.2 Å². The molecule has 0 bridgehead atoms. The monoisotopic (exact) mass is 352 g/mol. The van der Waals surface area contributed by atoms with E-state index in [0.717, 1.165) is 0 Å². The number of urea groups is 1. The SMILES string of the molecule is CN(C(=O)N(C)S(=O)(=O)C(F)(F)F)S(=O)(=O)C(F)(F)F. The van der Waals surface area contributed by atoms with Gasteiger partial charge in [0.2, 0.25) is 0 Å². The van der Waals surface area contributed by atoms with E-state index in [1.807, 2.05) is 0 Å². The Hall–Kier alpha value is -1.25. The van der Waals surface area contributed by atoms with Gasteiger partial charge in [-0.1, -0.05) is 0 Å². The van der Waals surface area contributed by atoms with Gasteiger partial charge in [-0.25, -0.2) is 13.4 Å². The van der Waals surface area contributed by atoms with Gasteiger partial charge in [0.05, 0.1) is 0 Å². The van der Waals surface area contributed by atoms with Crippen LogP contribution in [0, 0.1) is 0 Å². The number of nitrogens with zero attached hydrogens (tertiary/aromatic N) is 2. The van der Waals surface area contributed by atoms with E-state index in [2.05, 4.69) is 0 Å². The summed E-state index contributed by atoms with van der Waals surface area (Å²) in [6.45, 7) is 0. The first kappa shape index (κ1) is 18.8. The summed E-state index contributed by atoms with van der Waals surface area (Å²) >= 11 is 0.